The first kappa shape index (κ1) is 15.7. The molecule has 0 heterocycles. The molecule has 0 saturated carbocycles. The van der Waals surface area contributed by atoms with Gasteiger partial charge < -0.3 is 11.1 Å². The van der Waals surface area contributed by atoms with Gasteiger partial charge in [-0.1, -0.05) is 6.07 Å². The number of sulfone groups is 1. The average molecular weight is 284 g/mol. The number of benzene rings is 1. The lowest BCUT2D eigenvalue weighted by Crippen LogP contribution is -2.49. The Morgan fingerprint density at radius 1 is 1.37 bits per heavy atom. The molecule has 0 spiro atoms. The maximum absolute atomic E-state index is 12.2. The van der Waals surface area contributed by atoms with Gasteiger partial charge in [0.1, 0.15) is 0 Å². The van der Waals surface area contributed by atoms with E-state index in [2.05, 4.69) is 5.32 Å². The van der Waals surface area contributed by atoms with Gasteiger partial charge in [-0.3, -0.25) is 4.79 Å². The normalized spacial score (nSPS) is 12.3. The molecule has 19 heavy (non-hydrogen) atoms. The van der Waals surface area contributed by atoms with E-state index in [0.717, 1.165) is 11.8 Å². The van der Waals surface area contributed by atoms with Gasteiger partial charge in [-0.05, 0) is 38.5 Å². The van der Waals surface area contributed by atoms with Crippen molar-refractivity contribution in [2.75, 3.05) is 12.8 Å². The average Bonchev–Trinajstić information content (AvgIpc) is 2.27. The topological polar surface area (TPSA) is 89.3 Å². The maximum Gasteiger partial charge on any atom is 0.252 e. The molecular formula is C13H20N2O3S. The standard InChI is InChI=1S/C13H20N2O3S/c1-9-5-6-10(19(4,17)18)7-11(9)12(16)15-13(2,3)8-14/h5-7H,8,14H2,1-4H3,(H,15,16). The third-order valence-corrected chi connectivity index (χ3v) is 3.95. The summed E-state index contributed by atoms with van der Waals surface area (Å²) in [6.45, 7) is 5.67. The molecule has 1 amide bonds. The number of nitrogens with two attached hydrogens (primary N) is 1. The fourth-order valence-corrected chi connectivity index (χ4v) is 2.15. The summed E-state index contributed by atoms with van der Waals surface area (Å²) in [5, 5.41) is 2.78. The highest BCUT2D eigenvalue weighted by Crippen LogP contribution is 2.16. The minimum atomic E-state index is -3.33. The molecular weight excluding hydrogens is 264 g/mol. The summed E-state index contributed by atoms with van der Waals surface area (Å²) in [7, 11) is -3.33. The Bertz CT molecular complexity index is 592. The Morgan fingerprint density at radius 3 is 2.42 bits per heavy atom. The fourth-order valence-electron chi connectivity index (χ4n) is 1.50. The number of amides is 1. The van der Waals surface area contributed by atoms with Crippen molar-refractivity contribution in [1.82, 2.24) is 5.32 Å². The van der Waals surface area contributed by atoms with E-state index in [0.29, 0.717) is 12.1 Å². The van der Waals surface area contributed by atoms with Crippen molar-refractivity contribution < 1.29 is 13.2 Å². The Morgan fingerprint density at radius 2 is 1.95 bits per heavy atom. The molecule has 1 aromatic rings. The number of rotatable bonds is 4. The first-order chi connectivity index (χ1) is 8.57. The molecule has 0 bridgehead atoms. The number of carbonyl (C=O) groups is 1. The fraction of sp³-hybridized carbons (Fsp3) is 0.462. The van der Waals surface area contributed by atoms with E-state index in [1.807, 2.05) is 0 Å². The van der Waals surface area contributed by atoms with Gasteiger partial charge in [0, 0.05) is 23.9 Å². The van der Waals surface area contributed by atoms with Crippen LogP contribution in [0.1, 0.15) is 29.8 Å². The summed E-state index contributed by atoms with van der Waals surface area (Å²) in [6, 6.07) is 4.52. The number of hydrogen-bond donors (Lipinski definition) is 2. The van der Waals surface area contributed by atoms with Crippen molar-refractivity contribution in [2.45, 2.75) is 31.2 Å². The number of aryl methyl sites for hydroxylation is 1. The maximum atomic E-state index is 12.2. The molecule has 0 aliphatic rings. The molecule has 0 aromatic heterocycles. The van der Waals surface area contributed by atoms with Crippen LogP contribution >= 0.6 is 0 Å². The van der Waals surface area contributed by atoms with Crippen LogP contribution < -0.4 is 11.1 Å². The van der Waals surface area contributed by atoms with Crippen molar-refractivity contribution in [1.29, 1.82) is 0 Å². The van der Waals surface area contributed by atoms with Gasteiger partial charge in [-0.25, -0.2) is 8.42 Å². The van der Waals surface area contributed by atoms with Crippen LogP contribution in [-0.2, 0) is 9.84 Å². The SMILES string of the molecule is Cc1ccc(S(C)(=O)=O)cc1C(=O)NC(C)(C)CN. The van der Waals surface area contributed by atoms with Gasteiger partial charge in [-0.15, -0.1) is 0 Å². The van der Waals surface area contributed by atoms with Crippen molar-refractivity contribution in [3.05, 3.63) is 29.3 Å². The lowest BCUT2D eigenvalue weighted by atomic mass is 10.0. The molecule has 1 rings (SSSR count). The number of hydrogen-bond acceptors (Lipinski definition) is 4. The predicted octanol–water partition coefficient (Wildman–Crippen LogP) is 0.866. The second-order valence-corrected chi connectivity index (χ2v) is 7.31. The lowest BCUT2D eigenvalue weighted by Gasteiger charge is -2.24. The van der Waals surface area contributed by atoms with Crippen molar-refractivity contribution in [3.63, 3.8) is 0 Å². The number of carbonyl (C=O) groups excluding carboxylic acids is 1. The van der Waals surface area contributed by atoms with Gasteiger partial charge in [-0.2, -0.15) is 0 Å². The molecule has 0 fully saturated rings. The smallest absolute Gasteiger partial charge is 0.252 e. The first-order valence-electron chi connectivity index (χ1n) is 5.90. The quantitative estimate of drug-likeness (QED) is 0.858. The zero-order valence-corrected chi connectivity index (χ0v) is 12.5. The molecule has 3 N–H and O–H groups in total. The molecule has 6 heteroatoms. The van der Waals surface area contributed by atoms with Gasteiger partial charge >= 0.3 is 0 Å². The van der Waals surface area contributed by atoms with Crippen LogP contribution in [0, 0.1) is 6.92 Å². The largest absolute Gasteiger partial charge is 0.346 e. The van der Waals surface area contributed by atoms with Crippen LogP contribution in [0.5, 0.6) is 0 Å². The van der Waals surface area contributed by atoms with Crippen molar-refractivity contribution in [2.24, 2.45) is 5.73 Å². The Kier molecular flexibility index (Phi) is 4.37. The van der Waals surface area contributed by atoms with Crippen LogP contribution in [0.4, 0.5) is 0 Å². The highest BCUT2D eigenvalue weighted by Gasteiger charge is 2.21. The highest BCUT2D eigenvalue weighted by molar-refractivity contribution is 7.90. The van der Waals surface area contributed by atoms with Gasteiger partial charge in [0.15, 0.2) is 9.84 Å². The van der Waals surface area contributed by atoms with Gasteiger partial charge in [0.2, 0.25) is 0 Å². The Hall–Kier alpha value is -1.40. The Labute approximate surface area is 114 Å². The first-order valence-corrected chi connectivity index (χ1v) is 7.79. The summed E-state index contributed by atoms with van der Waals surface area (Å²) in [5.41, 5.74) is 6.09. The molecule has 0 aliphatic carbocycles. The Balaban J connectivity index is 3.17. The third kappa shape index (κ3) is 4.04. The second-order valence-electron chi connectivity index (χ2n) is 5.29. The molecule has 5 nitrogen and oxygen atoms in total. The molecule has 0 saturated heterocycles. The molecule has 0 aliphatic heterocycles. The third-order valence-electron chi connectivity index (χ3n) is 2.84. The molecule has 1 aromatic carbocycles. The summed E-state index contributed by atoms with van der Waals surface area (Å²) < 4.78 is 23.0. The van der Waals surface area contributed by atoms with Crippen LogP contribution in [0.15, 0.2) is 23.1 Å². The van der Waals surface area contributed by atoms with E-state index in [9.17, 15) is 13.2 Å². The minimum Gasteiger partial charge on any atom is -0.346 e. The molecule has 0 radical (unpaired) electrons. The zero-order valence-electron chi connectivity index (χ0n) is 11.6. The van der Waals surface area contributed by atoms with E-state index < -0.39 is 15.4 Å². The summed E-state index contributed by atoms with van der Waals surface area (Å²) in [6.07, 6.45) is 1.11. The molecule has 106 valence electrons. The van der Waals surface area contributed by atoms with E-state index in [4.69, 9.17) is 5.73 Å². The summed E-state index contributed by atoms with van der Waals surface area (Å²) >= 11 is 0. The van der Waals surface area contributed by atoms with E-state index >= 15 is 0 Å². The van der Waals surface area contributed by atoms with Crippen molar-refractivity contribution >= 4 is 15.7 Å². The number of nitrogens with one attached hydrogen (secondary N) is 1. The lowest BCUT2D eigenvalue weighted by molar-refractivity contribution is 0.0915. The van der Waals surface area contributed by atoms with E-state index in [1.165, 1.54) is 12.1 Å². The van der Waals surface area contributed by atoms with E-state index in [1.54, 1.807) is 26.8 Å². The summed E-state index contributed by atoms with van der Waals surface area (Å²) in [5.74, 6) is -0.321. The van der Waals surface area contributed by atoms with Crippen molar-refractivity contribution in [3.8, 4) is 0 Å². The van der Waals surface area contributed by atoms with Gasteiger partial charge in [0.25, 0.3) is 5.91 Å². The summed E-state index contributed by atoms with van der Waals surface area (Å²) in [4.78, 5) is 12.3. The second kappa shape index (κ2) is 5.30. The molecule has 0 unspecified atom stereocenters. The van der Waals surface area contributed by atoms with Crippen LogP contribution in [0.3, 0.4) is 0 Å². The van der Waals surface area contributed by atoms with Crippen LogP contribution in [0.2, 0.25) is 0 Å². The van der Waals surface area contributed by atoms with Crippen LogP contribution in [-0.4, -0.2) is 32.7 Å². The van der Waals surface area contributed by atoms with Crippen LogP contribution in [0.25, 0.3) is 0 Å². The minimum absolute atomic E-state index is 0.133. The monoisotopic (exact) mass is 284 g/mol. The predicted molar refractivity (Wildman–Crippen MR) is 74.9 cm³/mol. The molecule has 0 atom stereocenters. The zero-order chi connectivity index (χ0) is 14.8. The highest BCUT2D eigenvalue weighted by atomic mass is 32.2. The van der Waals surface area contributed by atoms with Gasteiger partial charge in [0.05, 0.1) is 4.90 Å². The van der Waals surface area contributed by atoms with E-state index in [-0.39, 0.29) is 10.8 Å².